The fourth-order valence-corrected chi connectivity index (χ4v) is 4.59. The molecule has 1 N–H and O–H groups in total. The van der Waals surface area contributed by atoms with Gasteiger partial charge in [-0.25, -0.2) is 0 Å². The number of carbonyl (C=O) groups is 1. The number of likely N-dealkylation sites (tertiary alicyclic amines) is 1. The Morgan fingerprint density at radius 3 is 2.25 bits per heavy atom. The van der Waals surface area contributed by atoms with Gasteiger partial charge in [0.25, 0.3) is 5.91 Å². The third-order valence-electron chi connectivity index (χ3n) is 6.21. The Balaban J connectivity index is 1.29. The van der Waals surface area contributed by atoms with E-state index in [0.29, 0.717) is 6.04 Å². The summed E-state index contributed by atoms with van der Waals surface area (Å²) in [6, 6.07) is 18.6. The number of anilines is 1. The van der Waals surface area contributed by atoms with Crippen LogP contribution in [0.4, 0.5) is 5.69 Å². The van der Waals surface area contributed by atoms with E-state index in [1.807, 2.05) is 47.4 Å². The molecule has 0 aromatic heterocycles. The van der Waals surface area contributed by atoms with Crippen LogP contribution in [0.15, 0.2) is 54.6 Å². The van der Waals surface area contributed by atoms with Crippen LogP contribution in [0.3, 0.4) is 0 Å². The van der Waals surface area contributed by atoms with Crippen LogP contribution in [0.5, 0.6) is 5.75 Å². The lowest BCUT2D eigenvalue weighted by atomic mass is 10.0. The summed E-state index contributed by atoms with van der Waals surface area (Å²) in [5.74, 6) is 1.13. The maximum absolute atomic E-state index is 12.6. The normalized spacial score (nSPS) is 18.9. The van der Waals surface area contributed by atoms with Gasteiger partial charge in [-0.2, -0.15) is 0 Å². The number of nitrogens with one attached hydrogen (secondary N) is 1. The number of carbonyl (C=O) groups excluding carboxylic acids is 1. The molecule has 2 aliphatic heterocycles. The van der Waals surface area contributed by atoms with Crippen LogP contribution in [0.25, 0.3) is 0 Å². The molecular weight excluding hydrogens is 350 g/mol. The van der Waals surface area contributed by atoms with E-state index < -0.39 is 0 Å². The van der Waals surface area contributed by atoms with Crippen LogP contribution in [0.2, 0.25) is 0 Å². The third-order valence-corrected chi connectivity index (χ3v) is 6.21. The second kappa shape index (κ2) is 8.65. The summed E-state index contributed by atoms with van der Waals surface area (Å²) < 4.78 is 5.53. The molecule has 2 aromatic carbocycles. The molecule has 2 fully saturated rings. The monoisotopic (exact) mass is 380 g/mol. The first kappa shape index (κ1) is 18.8. The number of piperidine rings is 1. The summed E-state index contributed by atoms with van der Waals surface area (Å²) in [5.41, 5.74) is 2.01. The molecule has 2 aliphatic rings. The lowest BCUT2D eigenvalue weighted by Gasteiger charge is -2.41. The second-order valence-electron chi connectivity index (χ2n) is 7.75. The van der Waals surface area contributed by atoms with E-state index in [0.717, 1.165) is 63.4 Å². The molecule has 28 heavy (non-hydrogen) atoms. The van der Waals surface area contributed by atoms with Gasteiger partial charge in [-0.15, -0.1) is 0 Å². The number of ether oxygens (including phenoxy) is 1. The highest BCUT2D eigenvalue weighted by molar-refractivity contribution is 5.94. The predicted octanol–water partition coefficient (Wildman–Crippen LogP) is 1.70. The molecule has 148 valence electrons. The van der Waals surface area contributed by atoms with Crippen LogP contribution >= 0.6 is 0 Å². The average Bonchev–Trinajstić information content (AvgIpc) is 2.79. The van der Waals surface area contributed by atoms with Crippen molar-refractivity contribution >= 4 is 11.6 Å². The number of methoxy groups -OCH3 is 1. The maximum atomic E-state index is 12.6. The minimum absolute atomic E-state index is 0.176. The third kappa shape index (κ3) is 3.99. The van der Waals surface area contributed by atoms with Crippen LogP contribution in [-0.2, 0) is 0 Å². The van der Waals surface area contributed by atoms with Crippen molar-refractivity contribution in [1.29, 1.82) is 0 Å². The van der Waals surface area contributed by atoms with Gasteiger partial charge in [-0.05, 0) is 24.3 Å². The molecule has 5 heteroatoms. The number of piperazine rings is 1. The fraction of sp³-hybridized carbons (Fsp3) is 0.435. The molecule has 0 spiro atoms. The number of amides is 1. The summed E-state index contributed by atoms with van der Waals surface area (Å²) >= 11 is 0. The molecule has 2 heterocycles. The Morgan fingerprint density at radius 2 is 1.57 bits per heavy atom. The number of rotatable bonds is 4. The molecule has 0 saturated carbocycles. The summed E-state index contributed by atoms with van der Waals surface area (Å²) in [4.78, 5) is 18.8. The quantitative estimate of drug-likeness (QED) is 0.877. The predicted molar refractivity (Wildman–Crippen MR) is 111 cm³/mol. The Labute approximate surface area is 167 Å². The van der Waals surface area contributed by atoms with Gasteiger partial charge in [-0.1, -0.05) is 30.3 Å². The summed E-state index contributed by atoms with van der Waals surface area (Å²) in [6.07, 6.45) is 2.20. The summed E-state index contributed by atoms with van der Waals surface area (Å²) in [7, 11) is 1.74. The molecule has 0 unspecified atom stereocenters. The van der Waals surface area contributed by atoms with E-state index in [9.17, 15) is 4.79 Å². The van der Waals surface area contributed by atoms with Crippen LogP contribution in [0, 0.1) is 0 Å². The van der Waals surface area contributed by atoms with Crippen molar-refractivity contribution in [2.45, 2.75) is 18.9 Å². The number of para-hydroxylation sites is 2. The molecule has 0 radical (unpaired) electrons. The number of nitrogens with zero attached hydrogens (tertiary/aromatic N) is 2. The molecule has 5 nitrogen and oxygen atoms in total. The molecule has 4 rings (SSSR count). The van der Waals surface area contributed by atoms with E-state index in [1.165, 1.54) is 5.69 Å². The minimum atomic E-state index is 0.176. The van der Waals surface area contributed by atoms with Gasteiger partial charge < -0.3 is 19.4 Å². The van der Waals surface area contributed by atoms with E-state index in [1.54, 1.807) is 12.0 Å². The number of hydrogen-bond donors (Lipinski definition) is 1. The van der Waals surface area contributed by atoms with Crippen molar-refractivity contribution in [1.82, 2.24) is 4.90 Å². The smallest absolute Gasteiger partial charge is 0.253 e. The van der Waals surface area contributed by atoms with Crippen LogP contribution in [0.1, 0.15) is 23.2 Å². The SMILES string of the molecule is COc1ccccc1N1CC[NH+](C2CCN(C(=O)c3ccccc3)CC2)CC1. The van der Waals surface area contributed by atoms with Crippen molar-refractivity contribution in [2.24, 2.45) is 0 Å². The van der Waals surface area contributed by atoms with Crippen LogP contribution in [-0.4, -0.2) is 63.2 Å². The van der Waals surface area contributed by atoms with Crippen molar-refractivity contribution in [3.05, 3.63) is 60.2 Å². The van der Waals surface area contributed by atoms with Gasteiger partial charge in [0.1, 0.15) is 5.75 Å². The highest BCUT2D eigenvalue weighted by Crippen LogP contribution is 2.27. The molecule has 0 aliphatic carbocycles. The van der Waals surface area contributed by atoms with Crippen LogP contribution < -0.4 is 14.5 Å². The van der Waals surface area contributed by atoms with Gasteiger partial charge in [-0.3, -0.25) is 4.79 Å². The maximum Gasteiger partial charge on any atom is 0.253 e. The van der Waals surface area contributed by atoms with Crippen molar-refractivity contribution in [2.75, 3.05) is 51.3 Å². The highest BCUT2D eigenvalue weighted by Gasteiger charge is 2.32. The first-order valence-corrected chi connectivity index (χ1v) is 10.3. The van der Waals surface area contributed by atoms with Gasteiger partial charge in [0.15, 0.2) is 0 Å². The lowest BCUT2D eigenvalue weighted by Crippen LogP contribution is -3.18. The zero-order valence-electron chi connectivity index (χ0n) is 16.6. The fourth-order valence-electron chi connectivity index (χ4n) is 4.59. The number of quaternary nitrogens is 1. The number of benzene rings is 2. The van der Waals surface area contributed by atoms with Gasteiger partial charge in [0.2, 0.25) is 0 Å². The van der Waals surface area contributed by atoms with E-state index in [4.69, 9.17) is 4.74 Å². The largest absolute Gasteiger partial charge is 0.495 e. The van der Waals surface area contributed by atoms with Crippen molar-refractivity contribution < 1.29 is 14.4 Å². The molecule has 0 bridgehead atoms. The van der Waals surface area contributed by atoms with Gasteiger partial charge in [0.05, 0.1) is 45.0 Å². The minimum Gasteiger partial charge on any atom is -0.495 e. The van der Waals surface area contributed by atoms with Gasteiger partial charge in [0, 0.05) is 31.5 Å². The Hall–Kier alpha value is -2.53. The van der Waals surface area contributed by atoms with E-state index in [2.05, 4.69) is 17.0 Å². The molecule has 0 atom stereocenters. The second-order valence-corrected chi connectivity index (χ2v) is 7.75. The van der Waals surface area contributed by atoms with E-state index in [-0.39, 0.29) is 5.91 Å². The zero-order valence-corrected chi connectivity index (χ0v) is 16.6. The molecule has 2 saturated heterocycles. The Morgan fingerprint density at radius 1 is 0.929 bits per heavy atom. The molecular formula is C23H30N3O2+. The molecule has 2 aromatic rings. The molecule has 1 amide bonds. The standard InChI is InChI=1S/C23H29N3O2/c1-28-22-10-6-5-9-21(22)25-17-15-24(16-18-25)20-11-13-26(14-12-20)23(27)19-7-3-2-4-8-19/h2-10,20H,11-18H2,1H3/p+1. The van der Waals surface area contributed by atoms with Crippen molar-refractivity contribution in [3.8, 4) is 5.75 Å². The lowest BCUT2D eigenvalue weighted by molar-refractivity contribution is -0.927. The highest BCUT2D eigenvalue weighted by atomic mass is 16.5. The average molecular weight is 381 g/mol. The van der Waals surface area contributed by atoms with Crippen molar-refractivity contribution in [3.63, 3.8) is 0 Å². The summed E-state index contributed by atoms with van der Waals surface area (Å²) in [5, 5.41) is 0. The Bertz CT molecular complexity index is 779. The Kier molecular flexibility index (Phi) is 5.81. The van der Waals surface area contributed by atoms with Gasteiger partial charge >= 0.3 is 0 Å². The number of hydrogen-bond acceptors (Lipinski definition) is 3. The first-order valence-electron chi connectivity index (χ1n) is 10.3. The first-order chi connectivity index (χ1) is 13.8. The topological polar surface area (TPSA) is 37.2 Å². The summed E-state index contributed by atoms with van der Waals surface area (Å²) in [6.45, 7) is 6.15. The van der Waals surface area contributed by atoms with E-state index >= 15 is 0 Å². The zero-order chi connectivity index (χ0) is 19.3.